The lowest BCUT2D eigenvalue weighted by Crippen LogP contribution is -2.20. The van der Waals surface area contributed by atoms with Crippen LogP contribution in [0.2, 0.25) is 0 Å². The molecule has 0 spiro atoms. The number of aromatic carboxylic acids is 1. The Kier molecular flexibility index (Phi) is 2.06. The molecule has 0 aliphatic heterocycles. The number of carboxylic acids is 1. The van der Waals surface area contributed by atoms with Crippen LogP contribution in [0.25, 0.3) is 0 Å². The van der Waals surface area contributed by atoms with Gasteiger partial charge in [-0.15, -0.1) is 11.3 Å². The van der Waals surface area contributed by atoms with Crippen LogP contribution in [0, 0.1) is 0 Å². The van der Waals surface area contributed by atoms with Gasteiger partial charge in [0.25, 0.3) is 0 Å². The molecular weight excluding hydrogens is 148 g/mol. The smallest absolute Gasteiger partial charge is 0.0815 e. The number of carbonyl (C=O) groups is 1. The summed E-state index contributed by atoms with van der Waals surface area (Å²) in [7, 11) is 0. The van der Waals surface area contributed by atoms with E-state index in [1.807, 2.05) is 13.0 Å². The Morgan fingerprint density at radius 3 is 2.70 bits per heavy atom. The SMILES string of the molecule is CCc1ccc(C(=O)[O-])s1. The fourth-order valence-electron chi connectivity index (χ4n) is 0.678. The van der Waals surface area contributed by atoms with E-state index in [4.69, 9.17) is 0 Å². The minimum atomic E-state index is -1.08. The molecule has 0 aliphatic rings. The van der Waals surface area contributed by atoms with Crippen LogP contribution in [-0.2, 0) is 6.42 Å². The molecule has 0 aromatic carbocycles. The fraction of sp³-hybridized carbons (Fsp3) is 0.286. The molecule has 0 saturated carbocycles. The third kappa shape index (κ3) is 1.36. The summed E-state index contributed by atoms with van der Waals surface area (Å²) in [6.07, 6.45) is 0.887. The Hall–Kier alpha value is -0.830. The number of thiophene rings is 1. The Labute approximate surface area is 63.1 Å². The summed E-state index contributed by atoms with van der Waals surface area (Å²) in [4.78, 5) is 11.6. The van der Waals surface area contributed by atoms with E-state index < -0.39 is 5.97 Å². The van der Waals surface area contributed by atoms with Gasteiger partial charge in [-0.1, -0.05) is 6.92 Å². The molecule has 0 N–H and O–H groups in total. The third-order valence-electron chi connectivity index (χ3n) is 1.21. The lowest BCUT2D eigenvalue weighted by Gasteiger charge is -1.93. The lowest BCUT2D eigenvalue weighted by molar-refractivity contribution is -0.254. The van der Waals surface area contributed by atoms with Gasteiger partial charge in [-0.05, 0) is 18.6 Å². The van der Waals surface area contributed by atoms with Gasteiger partial charge in [-0.3, -0.25) is 0 Å². The zero-order chi connectivity index (χ0) is 7.56. The van der Waals surface area contributed by atoms with Gasteiger partial charge in [0.05, 0.1) is 10.8 Å². The van der Waals surface area contributed by atoms with Crippen molar-refractivity contribution in [3.8, 4) is 0 Å². The van der Waals surface area contributed by atoms with Crippen LogP contribution in [0.1, 0.15) is 21.5 Å². The van der Waals surface area contributed by atoms with E-state index in [0.717, 1.165) is 11.3 Å². The van der Waals surface area contributed by atoms with Gasteiger partial charge in [-0.2, -0.15) is 0 Å². The van der Waals surface area contributed by atoms with E-state index >= 15 is 0 Å². The lowest BCUT2D eigenvalue weighted by atomic mass is 10.4. The maximum atomic E-state index is 10.2. The number of hydrogen-bond donors (Lipinski definition) is 0. The molecule has 0 radical (unpaired) electrons. The number of rotatable bonds is 2. The van der Waals surface area contributed by atoms with Crippen LogP contribution >= 0.6 is 11.3 Å². The fourth-order valence-corrected chi connectivity index (χ4v) is 1.46. The zero-order valence-corrected chi connectivity index (χ0v) is 6.40. The second kappa shape index (κ2) is 2.84. The second-order valence-electron chi connectivity index (χ2n) is 1.91. The molecule has 0 saturated heterocycles. The molecule has 1 aromatic rings. The second-order valence-corrected chi connectivity index (χ2v) is 3.08. The highest BCUT2D eigenvalue weighted by Crippen LogP contribution is 2.15. The molecule has 2 nitrogen and oxygen atoms in total. The minimum Gasteiger partial charge on any atom is -0.544 e. The molecule has 54 valence electrons. The highest BCUT2D eigenvalue weighted by molar-refractivity contribution is 7.13. The quantitative estimate of drug-likeness (QED) is 0.630. The molecule has 0 atom stereocenters. The van der Waals surface area contributed by atoms with Crippen molar-refractivity contribution >= 4 is 17.3 Å². The minimum absolute atomic E-state index is 0.317. The first-order valence-corrected chi connectivity index (χ1v) is 3.85. The van der Waals surface area contributed by atoms with Crippen molar-refractivity contribution in [1.82, 2.24) is 0 Å². The predicted molar refractivity (Wildman–Crippen MR) is 38.0 cm³/mol. The Balaban J connectivity index is 2.88. The molecule has 0 bridgehead atoms. The molecule has 3 heteroatoms. The standard InChI is InChI=1S/C7H8O2S/c1-2-5-3-4-6(10-5)7(8)9/h3-4H,2H2,1H3,(H,8,9)/p-1. The molecule has 0 aliphatic carbocycles. The number of hydrogen-bond acceptors (Lipinski definition) is 3. The van der Waals surface area contributed by atoms with E-state index in [-0.39, 0.29) is 0 Å². The summed E-state index contributed by atoms with van der Waals surface area (Å²) < 4.78 is 0. The number of carboxylic acid groups (broad SMARTS) is 1. The first kappa shape index (κ1) is 7.28. The van der Waals surface area contributed by atoms with Gasteiger partial charge in [0.2, 0.25) is 0 Å². The largest absolute Gasteiger partial charge is 0.544 e. The van der Waals surface area contributed by atoms with Crippen LogP contribution < -0.4 is 5.11 Å². The van der Waals surface area contributed by atoms with Crippen molar-refractivity contribution in [3.05, 3.63) is 21.9 Å². The van der Waals surface area contributed by atoms with E-state index in [2.05, 4.69) is 0 Å². The highest BCUT2D eigenvalue weighted by atomic mass is 32.1. The Bertz CT molecular complexity index is 240. The summed E-state index contributed by atoms with van der Waals surface area (Å²) in [5, 5.41) is 10.2. The van der Waals surface area contributed by atoms with Gasteiger partial charge < -0.3 is 9.90 Å². The average molecular weight is 155 g/mol. The molecule has 0 amide bonds. The van der Waals surface area contributed by atoms with E-state index in [9.17, 15) is 9.90 Å². The summed E-state index contributed by atoms with van der Waals surface area (Å²) in [6, 6.07) is 3.40. The molecule has 1 aromatic heterocycles. The third-order valence-corrected chi connectivity index (χ3v) is 2.42. The van der Waals surface area contributed by atoms with Gasteiger partial charge >= 0.3 is 0 Å². The first-order valence-electron chi connectivity index (χ1n) is 3.04. The van der Waals surface area contributed by atoms with Crippen molar-refractivity contribution in [2.45, 2.75) is 13.3 Å². The van der Waals surface area contributed by atoms with E-state index in [0.29, 0.717) is 4.88 Å². The maximum Gasteiger partial charge on any atom is 0.0815 e. The van der Waals surface area contributed by atoms with Crippen molar-refractivity contribution in [3.63, 3.8) is 0 Å². The van der Waals surface area contributed by atoms with Crippen LogP contribution in [-0.4, -0.2) is 5.97 Å². The van der Waals surface area contributed by atoms with Crippen LogP contribution in [0.3, 0.4) is 0 Å². The Morgan fingerprint density at radius 2 is 2.40 bits per heavy atom. The molecule has 1 heterocycles. The van der Waals surface area contributed by atoms with Crippen molar-refractivity contribution < 1.29 is 9.90 Å². The summed E-state index contributed by atoms with van der Waals surface area (Å²) >= 11 is 1.28. The van der Waals surface area contributed by atoms with Gasteiger partial charge in [-0.25, -0.2) is 0 Å². The maximum absolute atomic E-state index is 10.2. The topological polar surface area (TPSA) is 40.1 Å². The van der Waals surface area contributed by atoms with Crippen molar-refractivity contribution in [1.29, 1.82) is 0 Å². The van der Waals surface area contributed by atoms with Crippen LogP contribution in [0.15, 0.2) is 12.1 Å². The monoisotopic (exact) mass is 155 g/mol. The van der Waals surface area contributed by atoms with Gasteiger partial charge in [0.1, 0.15) is 0 Å². The van der Waals surface area contributed by atoms with E-state index in [1.165, 1.54) is 11.3 Å². The van der Waals surface area contributed by atoms with E-state index in [1.54, 1.807) is 6.07 Å². The molecule has 0 fully saturated rings. The predicted octanol–water partition coefficient (Wildman–Crippen LogP) is 0.674. The van der Waals surface area contributed by atoms with Crippen molar-refractivity contribution in [2.75, 3.05) is 0 Å². The van der Waals surface area contributed by atoms with Gasteiger partial charge in [0, 0.05) is 4.88 Å². The highest BCUT2D eigenvalue weighted by Gasteiger charge is 1.96. The molecule has 0 unspecified atom stereocenters. The van der Waals surface area contributed by atoms with Crippen LogP contribution in [0.5, 0.6) is 0 Å². The first-order chi connectivity index (χ1) is 4.74. The Morgan fingerprint density at radius 1 is 1.70 bits per heavy atom. The molecular formula is C7H7O2S-. The summed E-state index contributed by atoms with van der Waals surface area (Å²) in [6.45, 7) is 1.99. The number of aryl methyl sites for hydroxylation is 1. The summed E-state index contributed by atoms with van der Waals surface area (Å²) in [5.74, 6) is -1.08. The van der Waals surface area contributed by atoms with Gasteiger partial charge in [0.15, 0.2) is 0 Å². The number of carbonyl (C=O) groups excluding carboxylic acids is 1. The molecule has 1 rings (SSSR count). The summed E-state index contributed by atoms with van der Waals surface area (Å²) in [5.41, 5.74) is 0. The average Bonchev–Trinajstić information content (AvgIpc) is 2.34. The van der Waals surface area contributed by atoms with Crippen molar-refractivity contribution in [2.24, 2.45) is 0 Å². The normalized spacial score (nSPS) is 9.70. The molecule has 10 heavy (non-hydrogen) atoms. The zero-order valence-electron chi connectivity index (χ0n) is 5.59. The van der Waals surface area contributed by atoms with Crippen LogP contribution in [0.4, 0.5) is 0 Å².